The number of amides is 1. The van der Waals surface area contributed by atoms with Crippen LogP contribution in [0.15, 0.2) is 72.8 Å². The number of carbonyl (C=O) groups is 4. The molecule has 0 aliphatic carbocycles. The first-order valence-corrected chi connectivity index (χ1v) is 13.8. The molecule has 0 aliphatic rings. The van der Waals surface area contributed by atoms with Crippen molar-refractivity contribution in [3.05, 3.63) is 132 Å². The molecule has 1 amide bonds. The van der Waals surface area contributed by atoms with E-state index in [4.69, 9.17) is 69.5 Å². The lowest BCUT2D eigenvalue weighted by atomic mass is 10.0. The van der Waals surface area contributed by atoms with Crippen molar-refractivity contribution in [3.8, 4) is 0 Å². The zero-order chi connectivity index (χ0) is 32.4. The molecular formula is C30H29Cl5F2N2O4. The van der Waals surface area contributed by atoms with Crippen LogP contribution in [-0.2, 0) is 6.42 Å². The van der Waals surface area contributed by atoms with E-state index in [1.54, 1.807) is 36.4 Å². The number of Topliss-reactive ketones (excluding diaryl/α,β-unsaturated/α-hetero) is 2. The van der Waals surface area contributed by atoms with E-state index in [2.05, 4.69) is 0 Å². The van der Waals surface area contributed by atoms with Gasteiger partial charge in [0.1, 0.15) is 11.6 Å². The highest BCUT2D eigenvalue weighted by Crippen LogP contribution is 2.27. The highest BCUT2D eigenvalue weighted by atomic mass is 35.5. The molecule has 4 rings (SSSR count). The molecule has 4 aromatic rings. The van der Waals surface area contributed by atoms with Crippen LogP contribution >= 0.6 is 58.0 Å². The molecule has 0 spiro atoms. The minimum Gasteiger partial charge on any atom is -0.399 e. The number of halogens is 7. The van der Waals surface area contributed by atoms with Crippen molar-refractivity contribution in [1.29, 1.82) is 0 Å². The molecule has 232 valence electrons. The molecule has 4 N–H and O–H groups in total. The van der Waals surface area contributed by atoms with Crippen LogP contribution in [-0.4, -0.2) is 22.7 Å². The van der Waals surface area contributed by atoms with E-state index >= 15 is 0 Å². The zero-order valence-corrected chi connectivity index (χ0v) is 25.8. The average Bonchev–Trinajstić information content (AvgIpc) is 2.93. The molecule has 6 nitrogen and oxygen atoms in total. The minimum absolute atomic E-state index is 0. The highest BCUT2D eigenvalue weighted by Gasteiger charge is 2.16. The number of carbonyl (C=O) groups excluding carboxylic acids is 4. The van der Waals surface area contributed by atoms with E-state index in [1.165, 1.54) is 25.1 Å². The second-order valence-electron chi connectivity index (χ2n) is 8.61. The number of hydrogen-bond donors (Lipinski definition) is 2. The van der Waals surface area contributed by atoms with Crippen LogP contribution in [0.4, 0.5) is 14.5 Å². The molecule has 13 heteroatoms. The number of rotatable bonds is 6. The Morgan fingerprint density at radius 3 is 1.70 bits per heavy atom. The number of primary amides is 1. The monoisotopic (exact) mass is 694 g/mol. The van der Waals surface area contributed by atoms with Gasteiger partial charge in [0, 0.05) is 28.9 Å². The molecule has 43 heavy (non-hydrogen) atoms. The third-order valence-corrected chi connectivity index (χ3v) is 7.05. The molecule has 0 heterocycles. The summed E-state index contributed by atoms with van der Waals surface area (Å²) in [6, 6.07) is 17.5. The lowest BCUT2D eigenvalue weighted by Crippen LogP contribution is -2.12. The summed E-state index contributed by atoms with van der Waals surface area (Å²) in [6.07, 6.45) is -0.0734. The van der Waals surface area contributed by atoms with Gasteiger partial charge in [-0.1, -0.05) is 70.7 Å². The molecule has 4 aromatic carbocycles. The average molecular weight is 697 g/mol. The Morgan fingerprint density at radius 2 is 1.21 bits per heavy atom. The van der Waals surface area contributed by atoms with Crippen LogP contribution in [0.5, 0.6) is 0 Å². The number of anilines is 1. The van der Waals surface area contributed by atoms with Crippen LogP contribution < -0.4 is 11.5 Å². The number of nitrogen functional groups attached to an aromatic ring is 1. The summed E-state index contributed by atoms with van der Waals surface area (Å²) in [5.74, 6) is -2.52. The van der Waals surface area contributed by atoms with Crippen LogP contribution in [0.2, 0.25) is 20.1 Å². The first kappa shape index (κ1) is 35.7. The summed E-state index contributed by atoms with van der Waals surface area (Å²) in [4.78, 5) is 44.5. The van der Waals surface area contributed by atoms with Crippen molar-refractivity contribution in [1.82, 2.24) is 0 Å². The molecule has 0 fully saturated rings. The van der Waals surface area contributed by atoms with E-state index in [-0.39, 0.29) is 54.7 Å². The Kier molecular flexibility index (Phi) is 13.6. The fourth-order valence-corrected chi connectivity index (χ4v) is 4.06. The lowest BCUT2D eigenvalue weighted by molar-refractivity contribution is 0.0981. The second-order valence-corrected chi connectivity index (χ2v) is 10.6. The van der Waals surface area contributed by atoms with Crippen LogP contribution in [0.25, 0.3) is 0 Å². The van der Waals surface area contributed by atoms with Crippen LogP contribution in [0.3, 0.4) is 0 Å². The molecule has 0 aromatic heterocycles. The maximum atomic E-state index is 13.8. The highest BCUT2D eigenvalue weighted by molar-refractivity contribution is 6.68. The maximum Gasteiger partial charge on any atom is 0.255 e. The SMILES string of the molecule is CC(=O)c1cccc(N)c1.NC(=O)c1cccc(CC(=O)c2cc(Cl)c(Cl)cc2F)c1.O=C(Cl)c1cc(Cl)c(Cl)cc1F.[HH].[HH].[HH].[HH]. The Bertz CT molecular complexity index is 1720. The Labute approximate surface area is 276 Å². The van der Waals surface area contributed by atoms with Gasteiger partial charge in [-0.2, -0.15) is 0 Å². The summed E-state index contributed by atoms with van der Waals surface area (Å²) >= 11 is 27.5. The Hall–Kier alpha value is -3.53. The van der Waals surface area contributed by atoms with Crippen molar-refractivity contribution in [3.63, 3.8) is 0 Å². The summed E-state index contributed by atoms with van der Waals surface area (Å²) in [6.45, 7) is 1.52. The molecule has 0 bridgehead atoms. The molecular weight excluding hydrogens is 668 g/mol. The molecule has 0 saturated carbocycles. The predicted molar refractivity (Wildman–Crippen MR) is 175 cm³/mol. The third kappa shape index (κ3) is 10.9. The third-order valence-electron chi connectivity index (χ3n) is 5.40. The zero-order valence-electron chi connectivity index (χ0n) is 22.1. The fraction of sp³-hybridized carbons (Fsp3) is 0.0667. The van der Waals surface area contributed by atoms with Gasteiger partial charge in [-0.3, -0.25) is 19.2 Å². The maximum absolute atomic E-state index is 13.8. The van der Waals surface area contributed by atoms with Crippen molar-refractivity contribution in [2.45, 2.75) is 13.3 Å². The molecule has 0 radical (unpaired) electrons. The summed E-state index contributed by atoms with van der Waals surface area (Å²) in [5, 5.41) is -0.599. The summed E-state index contributed by atoms with van der Waals surface area (Å²) < 4.78 is 26.6. The molecule has 0 aliphatic heterocycles. The van der Waals surface area contributed by atoms with Gasteiger partial charge in [0.2, 0.25) is 5.91 Å². The number of ketones is 2. The largest absolute Gasteiger partial charge is 0.399 e. The van der Waals surface area contributed by atoms with Gasteiger partial charge >= 0.3 is 0 Å². The second kappa shape index (κ2) is 16.4. The number of nitrogens with two attached hydrogens (primary N) is 2. The van der Waals surface area contributed by atoms with Crippen LogP contribution in [0, 0.1) is 11.6 Å². The van der Waals surface area contributed by atoms with Gasteiger partial charge < -0.3 is 11.5 Å². The van der Waals surface area contributed by atoms with Gasteiger partial charge in [-0.25, -0.2) is 8.78 Å². The predicted octanol–water partition coefficient (Wildman–Crippen LogP) is 9.62. The van der Waals surface area contributed by atoms with Crippen molar-refractivity contribution in [2.24, 2.45) is 5.73 Å². The fourth-order valence-electron chi connectivity index (χ4n) is 3.28. The van der Waals surface area contributed by atoms with Crippen molar-refractivity contribution < 1.29 is 33.7 Å². The summed E-state index contributed by atoms with van der Waals surface area (Å²) in [5.41, 5.74) is 12.3. The van der Waals surface area contributed by atoms with Gasteiger partial charge in [0.15, 0.2) is 11.6 Å². The van der Waals surface area contributed by atoms with Gasteiger partial charge in [0.25, 0.3) is 5.24 Å². The van der Waals surface area contributed by atoms with Gasteiger partial charge in [0.05, 0.1) is 31.2 Å². The first-order chi connectivity index (χ1) is 20.1. The standard InChI is InChI=1S/C15H10Cl2FNO2.C8H9NO.C7H2Cl3FO.4H2/c16-11-6-10(13(18)7-12(11)17)14(20)5-8-2-1-3-9(4-8)15(19)21;1-6(10)7-3-2-4-8(9)5-7;8-4-1-3(7(10)12)6(11)2-5(4)9;;;;/h1-4,6-7H,5H2,(H2,19,21);2-5H,9H2,1H3;1-2H;4*1H. The van der Waals surface area contributed by atoms with Crippen molar-refractivity contribution >= 4 is 86.4 Å². The molecule has 0 atom stereocenters. The topological polar surface area (TPSA) is 120 Å². The van der Waals surface area contributed by atoms with Crippen molar-refractivity contribution in [2.75, 3.05) is 5.73 Å². The summed E-state index contributed by atoms with van der Waals surface area (Å²) in [7, 11) is 0. The smallest absolute Gasteiger partial charge is 0.255 e. The van der Waals surface area contributed by atoms with E-state index < -0.39 is 28.6 Å². The first-order valence-electron chi connectivity index (χ1n) is 11.9. The van der Waals surface area contributed by atoms with E-state index in [1.807, 2.05) is 0 Å². The Balaban J connectivity index is -0.000000642. The number of hydrogen-bond acceptors (Lipinski definition) is 5. The van der Waals surface area contributed by atoms with E-state index in [0.29, 0.717) is 16.8 Å². The van der Waals surface area contributed by atoms with Crippen LogP contribution in [0.1, 0.15) is 59.6 Å². The number of benzene rings is 4. The van der Waals surface area contributed by atoms with Gasteiger partial charge in [-0.05, 0) is 72.6 Å². The lowest BCUT2D eigenvalue weighted by Gasteiger charge is -2.06. The minimum atomic E-state index is -0.897. The van der Waals surface area contributed by atoms with Gasteiger partial charge in [-0.15, -0.1) is 0 Å². The quantitative estimate of drug-likeness (QED) is 0.0900. The molecule has 0 saturated heterocycles. The Morgan fingerprint density at radius 1 is 0.721 bits per heavy atom. The van der Waals surface area contributed by atoms with E-state index in [0.717, 1.165) is 18.2 Å². The normalized spacial score (nSPS) is 10.0. The van der Waals surface area contributed by atoms with E-state index in [9.17, 15) is 28.0 Å². The molecule has 0 unspecified atom stereocenters.